The van der Waals surface area contributed by atoms with Crippen LogP contribution in [0.25, 0.3) is 0 Å². The molecule has 4 aliphatic rings. The van der Waals surface area contributed by atoms with Gasteiger partial charge in [-0.05, 0) is 68.1 Å². The van der Waals surface area contributed by atoms with Crippen LogP contribution in [0.3, 0.4) is 0 Å². The minimum Gasteiger partial charge on any atom is -0.123 e. The van der Waals surface area contributed by atoms with E-state index < -0.39 is 0 Å². The van der Waals surface area contributed by atoms with Gasteiger partial charge in [0.15, 0.2) is 0 Å². The summed E-state index contributed by atoms with van der Waals surface area (Å²) in [6, 6.07) is 0. The Hall–Kier alpha value is 0.0600. The van der Waals surface area contributed by atoms with Gasteiger partial charge in [-0.1, -0.05) is 43.2 Å². The summed E-state index contributed by atoms with van der Waals surface area (Å²) in [5, 5.41) is 1.52. The molecule has 4 rings (SSSR count). The predicted octanol–water partition coefficient (Wildman–Crippen LogP) is 6.29. The molecule has 0 radical (unpaired) electrons. The van der Waals surface area contributed by atoms with E-state index in [2.05, 4.69) is 26.0 Å². The van der Waals surface area contributed by atoms with Crippen molar-refractivity contribution in [2.75, 3.05) is 0 Å². The smallest absolute Gasteiger partial charge is 0.0373 e. The second kappa shape index (κ2) is 4.78. The van der Waals surface area contributed by atoms with Crippen molar-refractivity contribution in [3.63, 3.8) is 0 Å². The van der Waals surface area contributed by atoms with Crippen molar-refractivity contribution >= 4 is 23.2 Å². The Balaban J connectivity index is 1.68. The van der Waals surface area contributed by atoms with Crippen LogP contribution in [0.4, 0.5) is 0 Å². The molecule has 6 atom stereocenters. The Bertz CT molecular complexity index is 520. The van der Waals surface area contributed by atoms with E-state index in [0.29, 0.717) is 10.8 Å². The zero-order chi connectivity index (χ0) is 14.8. The Morgan fingerprint density at radius 2 is 1.76 bits per heavy atom. The number of rotatable bonds is 0. The average molecular weight is 325 g/mol. The van der Waals surface area contributed by atoms with Crippen LogP contribution in [0.1, 0.15) is 58.8 Å². The SMILES string of the molecule is C[C@]12CC[C@H](Cl)CC1=CC[C@H]1[C@H]2CC[C@]2(C)C(Cl)=CC[C@H]12. The molecule has 0 spiro atoms. The van der Waals surface area contributed by atoms with Crippen LogP contribution >= 0.6 is 23.2 Å². The number of fused-ring (bicyclic) bond motifs is 5. The molecule has 21 heavy (non-hydrogen) atoms. The Morgan fingerprint density at radius 3 is 2.57 bits per heavy atom. The summed E-state index contributed by atoms with van der Waals surface area (Å²) in [6.07, 6.45) is 13.6. The molecule has 0 saturated heterocycles. The first-order valence-electron chi connectivity index (χ1n) is 8.65. The third kappa shape index (κ3) is 1.94. The lowest BCUT2D eigenvalue weighted by atomic mass is 9.48. The van der Waals surface area contributed by atoms with Gasteiger partial charge < -0.3 is 0 Å². The van der Waals surface area contributed by atoms with Crippen LogP contribution in [0.2, 0.25) is 0 Å². The number of allylic oxidation sites excluding steroid dienone is 4. The first kappa shape index (κ1) is 14.6. The summed E-state index contributed by atoms with van der Waals surface area (Å²) >= 11 is 13.0. The molecule has 0 heterocycles. The third-order valence-corrected chi connectivity index (χ3v) is 8.49. The van der Waals surface area contributed by atoms with Crippen molar-refractivity contribution in [2.45, 2.75) is 64.2 Å². The van der Waals surface area contributed by atoms with Crippen LogP contribution in [0, 0.1) is 28.6 Å². The highest BCUT2D eigenvalue weighted by Gasteiger charge is 2.56. The van der Waals surface area contributed by atoms with Crippen LogP contribution in [0.15, 0.2) is 22.8 Å². The molecule has 0 aromatic heterocycles. The molecule has 0 aromatic rings. The molecule has 2 saturated carbocycles. The lowest BCUT2D eigenvalue weighted by molar-refractivity contribution is -0.0141. The first-order valence-corrected chi connectivity index (χ1v) is 9.46. The summed E-state index contributed by atoms with van der Waals surface area (Å²) in [6.45, 7) is 4.95. The molecular formula is C19H26Cl2. The number of halogens is 2. The zero-order valence-corrected chi connectivity index (χ0v) is 14.7. The third-order valence-electron chi connectivity index (χ3n) is 7.53. The summed E-state index contributed by atoms with van der Waals surface area (Å²) in [4.78, 5) is 0. The zero-order valence-electron chi connectivity index (χ0n) is 13.2. The maximum atomic E-state index is 6.58. The lowest BCUT2D eigenvalue weighted by Gasteiger charge is -2.57. The van der Waals surface area contributed by atoms with E-state index in [4.69, 9.17) is 23.2 Å². The Morgan fingerprint density at radius 1 is 1.00 bits per heavy atom. The van der Waals surface area contributed by atoms with Gasteiger partial charge in [0.25, 0.3) is 0 Å². The highest BCUT2D eigenvalue weighted by molar-refractivity contribution is 6.30. The van der Waals surface area contributed by atoms with Gasteiger partial charge in [-0.25, -0.2) is 0 Å². The van der Waals surface area contributed by atoms with E-state index in [1.54, 1.807) is 5.57 Å². The summed E-state index contributed by atoms with van der Waals surface area (Å²) in [5.41, 5.74) is 2.37. The number of hydrogen-bond donors (Lipinski definition) is 0. The lowest BCUT2D eigenvalue weighted by Crippen LogP contribution is -2.49. The first-order chi connectivity index (χ1) is 9.95. The molecule has 0 aromatic carbocycles. The van der Waals surface area contributed by atoms with E-state index in [9.17, 15) is 0 Å². The van der Waals surface area contributed by atoms with Crippen LogP contribution < -0.4 is 0 Å². The normalized spacial score (nSPS) is 52.4. The molecule has 0 nitrogen and oxygen atoms in total. The highest BCUT2D eigenvalue weighted by atomic mass is 35.5. The van der Waals surface area contributed by atoms with Gasteiger partial charge in [-0.2, -0.15) is 0 Å². The summed E-state index contributed by atoms with van der Waals surface area (Å²) < 4.78 is 0. The minimum atomic E-state index is 0.272. The van der Waals surface area contributed by atoms with Gasteiger partial charge in [0, 0.05) is 15.8 Å². The Labute approximate surface area is 139 Å². The van der Waals surface area contributed by atoms with E-state index in [1.807, 2.05) is 0 Å². The van der Waals surface area contributed by atoms with Gasteiger partial charge in [0.1, 0.15) is 0 Å². The van der Waals surface area contributed by atoms with E-state index in [0.717, 1.165) is 29.2 Å². The topological polar surface area (TPSA) is 0 Å². The Kier molecular flexibility index (Phi) is 3.33. The molecule has 4 aliphatic carbocycles. The summed E-state index contributed by atoms with van der Waals surface area (Å²) in [7, 11) is 0. The predicted molar refractivity (Wildman–Crippen MR) is 90.7 cm³/mol. The molecule has 116 valence electrons. The fourth-order valence-corrected chi connectivity index (χ4v) is 6.73. The average Bonchev–Trinajstić information content (AvgIpc) is 2.76. The maximum absolute atomic E-state index is 6.58. The minimum absolute atomic E-state index is 0.272. The van der Waals surface area contributed by atoms with Crippen molar-refractivity contribution in [2.24, 2.45) is 28.6 Å². The largest absolute Gasteiger partial charge is 0.123 e. The van der Waals surface area contributed by atoms with E-state index in [-0.39, 0.29) is 5.41 Å². The number of hydrogen-bond acceptors (Lipinski definition) is 0. The van der Waals surface area contributed by atoms with Crippen molar-refractivity contribution in [1.82, 2.24) is 0 Å². The molecule has 0 unspecified atom stereocenters. The molecule has 0 amide bonds. The monoisotopic (exact) mass is 324 g/mol. The second-order valence-corrected chi connectivity index (χ2v) is 9.37. The van der Waals surface area contributed by atoms with Gasteiger partial charge >= 0.3 is 0 Å². The molecular weight excluding hydrogens is 299 g/mol. The van der Waals surface area contributed by atoms with E-state index in [1.165, 1.54) is 38.5 Å². The van der Waals surface area contributed by atoms with Crippen LogP contribution in [0.5, 0.6) is 0 Å². The van der Waals surface area contributed by atoms with Crippen LogP contribution in [-0.4, -0.2) is 5.38 Å². The molecule has 0 bridgehead atoms. The standard InChI is InChI=1S/C19H26Cl2/c1-18-9-7-13(20)11-12(18)3-4-14-15-5-6-17(21)19(15,2)10-8-16(14)18/h3,6,13-16H,4-5,7-11H2,1-2H3/t13-,14+,15+,16+,18-,19-/m0/s1. The quantitative estimate of drug-likeness (QED) is 0.363. The second-order valence-electron chi connectivity index (χ2n) is 8.34. The van der Waals surface area contributed by atoms with Crippen molar-refractivity contribution in [3.05, 3.63) is 22.8 Å². The molecule has 2 heteroatoms. The maximum Gasteiger partial charge on any atom is 0.0373 e. The van der Waals surface area contributed by atoms with Crippen molar-refractivity contribution < 1.29 is 0 Å². The van der Waals surface area contributed by atoms with E-state index >= 15 is 0 Å². The van der Waals surface area contributed by atoms with Gasteiger partial charge in [-0.3, -0.25) is 0 Å². The van der Waals surface area contributed by atoms with Gasteiger partial charge in [0.2, 0.25) is 0 Å². The summed E-state index contributed by atoms with van der Waals surface area (Å²) in [5.74, 6) is 2.46. The highest BCUT2D eigenvalue weighted by Crippen LogP contribution is 2.65. The van der Waals surface area contributed by atoms with Gasteiger partial charge in [0.05, 0.1) is 0 Å². The molecule has 0 aliphatic heterocycles. The molecule has 0 N–H and O–H groups in total. The molecule has 2 fully saturated rings. The fourth-order valence-electron chi connectivity index (χ4n) is 6.13. The number of alkyl halides is 1. The fraction of sp³-hybridized carbons (Fsp3) is 0.789. The van der Waals surface area contributed by atoms with Crippen molar-refractivity contribution in [1.29, 1.82) is 0 Å². The van der Waals surface area contributed by atoms with Gasteiger partial charge in [-0.15, -0.1) is 11.6 Å². The van der Waals surface area contributed by atoms with Crippen molar-refractivity contribution in [3.8, 4) is 0 Å². The van der Waals surface area contributed by atoms with Crippen LogP contribution in [-0.2, 0) is 0 Å².